The smallest absolute Gasteiger partial charge is 0.450 e. The lowest BCUT2D eigenvalue weighted by Crippen LogP contribution is -2.11. The van der Waals surface area contributed by atoms with E-state index in [4.69, 9.17) is 9.84 Å². The Balaban J connectivity index is 1.70. The molecule has 0 aromatic heterocycles. The summed E-state index contributed by atoms with van der Waals surface area (Å²) in [5, 5.41) is 9.14. The number of hydrogen-bond acceptors (Lipinski definition) is 2. The van der Waals surface area contributed by atoms with Crippen LogP contribution in [0.5, 0.6) is 0 Å². The van der Waals surface area contributed by atoms with Crippen LogP contribution in [0.15, 0.2) is 54.6 Å². The maximum atomic E-state index is 11.2. The maximum absolute atomic E-state index is 11.2. The van der Waals surface area contributed by atoms with E-state index in [1.807, 2.05) is 18.2 Å². The number of benzene rings is 2. The van der Waals surface area contributed by atoms with Crippen LogP contribution in [0.3, 0.4) is 0 Å². The maximum Gasteiger partial charge on any atom is 0.506 e. The monoisotopic (exact) mass is 382 g/mol. The number of unbranched alkanes of at least 4 members (excludes halogenated alkanes) is 5. The summed E-state index contributed by atoms with van der Waals surface area (Å²) in [4.78, 5) is 11.2. The lowest BCUT2D eigenvalue weighted by Gasteiger charge is -2.19. The summed E-state index contributed by atoms with van der Waals surface area (Å²) in [6, 6.07) is 18.7. The van der Waals surface area contributed by atoms with Crippen molar-refractivity contribution in [3.8, 4) is 0 Å². The second-order valence-corrected chi connectivity index (χ2v) is 7.47. The van der Waals surface area contributed by atoms with Crippen LogP contribution >= 0.6 is 0 Å². The molecule has 0 aliphatic rings. The molecule has 0 spiro atoms. The highest BCUT2D eigenvalue weighted by molar-refractivity contribution is 5.57. The first-order chi connectivity index (χ1) is 13.7. The minimum atomic E-state index is -1.18. The lowest BCUT2D eigenvalue weighted by atomic mass is 9.95. The fraction of sp³-hybridized carbons (Fsp3) is 0.480. The molecule has 3 nitrogen and oxygen atoms in total. The molecular weight excluding hydrogens is 348 g/mol. The van der Waals surface area contributed by atoms with E-state index in [2.05, 4.69) is 43.3 Å². The zero-order chi connectivity index (χ0) is 20.0. The second-order valence-electron chi connectivity index (χ2n) is 7.47. The van der Waals surface area contributed by atoms with Gasteiger partial charge in [-0.3, -0.25) is 0 Å². The molecule has 0 aliphatic carbocycles. The van der Waals surface area contributed by atoms with Crippen molar-refractivity contribution in [2.75, 3.05) is 0 Å². The Labute approximate surface area is 169 Å². The number of carbonyl (C=O) groups is 1. The molecule has 28 heavy (non-hydrogen) atoms. The molecule has 1 N–H and O–H groups in total. The molecule has 152 valence electrons. The summed E-state index contributed by atoms with van der Waals surface area (Å²) in [6.45, 7) is 2.14. The van der Waals surface area contributed by atoms with Crippen molar-refractivity contribution in [1.29, 1.82) is 0 Å². The molecular formula is C25H34O3. The quantitative estimate of drug-likeness (QED) is 0.291. The summed E-state index contributed by atoms with van der Waals surface area (Å²) < 4.78 is 5.23. The normalized spacial score (nSPS) is 11.9. The number of hydrogen-bond donors (Lipinski definition) is 1. The lowest BCUT2D eigenvalue weighted by molar-refractivity contribution is 0.0460. The van der Waals surface area contributed by atoms with Gasteiger partial charge in [0.25, 0.3) is 0 Å². The van der Waals surface area contributed by atoms with E-state index in [1.54, 1.807) is 0 Å². The molecule has 2 rings (SSSR count). The highest BCUT2D eigenvalue weighted by atomic mass is 16.7. The SMILES string of the molecule is CCCc1ccccc1C(CCCCCCCCc1ccccc1)OC(=O)O. The molecule has 0 fully saturated rings. The standard InChI is InChI=1S/C25H34O3/c1-2-14-22-18-12-13-19-23(22)24(28-25(26)27)20-11-6-4-3-5-8-15-21-16-9-7-10-17-21/h7,9-10,12-13,16-19,24H,2-6,8,11,14-15,20H2,1H3,(H,26,27). The second kappa shape index (κ2) is 13.0. The zero-order valence-electron chi connectivity index (χ0n) is 17.1. The van der Waals surface area contributed by atoms with Crippen molar-refractivity contribution in [2.45, 2.75) is 77.2 Å². The van der Waals surface area contributed by atoms with Crippen LogP contribution in [-0.4, -0.2) is 11.3 Å². The minimum absolute atomic E-state index is 0.349. The first-order valence-corrected chi connectivity index (χ1v) is 10.7. The van der Waals surface area contributed by atoms with Crippen molar-refractivity contribution < 1.29 is 14.6 Å². The fourth-order valence-corrected chi connectivity index (χ4v) is 3.76. The molecule has 1 unspecified atom stereocenters. The molecule has 3 heteroatoms. The van der Waals surface area contributed by atoms with Gasteiger partial charge in [0, 0.05) is 0 Å². The Kier molecular flexibility index (Phi) is 10.2. The van der Waals surface area contributed by atoms with Crippen molar-refractivity contribution >= 4 is 6.16 Å². The van der Waals surface area contributed by atoms with E-state index < -0.39 is 6.16 Å². The molecule has 2 aromatic carbocycles. The third-order valence-electron chi connectivity index (χ3n) is 5.19. The van der Waals surface area contributed by atoms with Gasteiger partial charge in [0.2, 0.25) is 0 Å². The highest BCUT2D eigenvalue weighted by Crippen LogP contribution is 2.28. The van der Waals surface area contributed by atoms with Crippen LogP contribution < -0.4 is 0 Å². The first kappa shape index (κ1) is 22.0. The van der Waals surface area contributed by atoms with E-state index in [0.717, 1.165) is 44.1 Å². The average Bonchev–Trinajstić information content (AvgIpc) is 2.70. The van der Waals surface area contributed by atoms with Crippen molar-refractivity contribution in [3.63, 3.8) is 0 Å². The van der Waals surface area contributed by atoms with Crippen LogP contribution in [0.4, 0.5) is 4.79 Å². The molecule has 2 aromatic rings. The molecule has 0 radical (unpaired) electrons. The molecule has 1 atom stereocenters. The molecule has 0 amide bonds. The molecule has 0 saturated carbocycles. The Hall–Kier alpha value is -2.29. The third kappa shape index (κ3) is 8.16. The van der Waals surface area contributed by atoms with Crippen LogP contribution in [0, 0.1) is 0 Å². The fourth-order valence-electron chi connectivity index (χ4n) is 3.76. The van der Waals surface area contributed by atoms with Gasteiger partial charge in [-0.1, -0.05) is 93.6 Å². The first-order valence-electron chi connectivity index (χ1n) is 10.7. The van der Waals surface area contributed by atoms with Gasteiger partial charge in [0.15, 0.2) is 0 Å². The van der Waals surface area contributed by atoms with Gasteiger partial charge in [-0.25, -0.2) is 4.79 Å². The number of carboxylic acid groups (broad SMARTS) is 1. The van der Waals surface area contributed by atoms with Gasteiger partial charge in [-0.2, -0.15) is 0 Å². The summed E-state index contributed by atoms with van der Waals surface area (Å²) in [5.41, 5.74) is 3.66. The van der Waals surface area contributed by atoms with E-state index in [9.17, 15) is 4.79 Å². The minimum Gasteiger partial charge on any atom is -0.450 e. The van der Waals surface area contributed by atoms with Crippen molar-refractivity contribution in [2.24, 2.45) is 0 Å². The van der Waals surface area contributed by atoms with Crippen LogP contribution in [0.25, 0.3) is 0 Å². The summed E-state index contributed by atoms with van der Waals surface area (Å²) in [7, 11) is 0. The Morgan fingerprint density at radius 1 is 0.857 bits per heavy atom. The molecule has 0 aliphatic heterocycles. The highest BCUT2D eigenvalue weighted by Gasteiger charge is 2.18. The van der Waals surface area contributed by atoms with Gasteiger partial charge in [0.05, 0.1) is 0 Å². The van der Waals surface area contributed by atoms with Crippen LogP contribution in [0.1, 0.15) is 81.1 Å². The van der Waals surface area contributed by atoms with Gasteiger partial charge in [-0.05, 0) is 48.8 Å². The summed E-state index contributed by atoms with van der Waals surface area (Å²) in [5.74, 6) is 0. The average molecular weight is 383 g/mol. The van der Waals surface area contributed by atoms with E-state index >= 15 is 0 Å². The van der Waals surface area contributed by atoms with Gasteiger partial charge >= 0.3 is 6.16 Å². The van der Waals surface area contributed by atoms with E-state index in [1.165, 1.54) is 36.8 Å². The Morgan fingerprint density at radius 2 is 1.50 bits per heavy atom. The summed E-state index contributed by atoms with van der Waals surface area (Å²) in [6.07, 6.45) is 9.43. The number of ether oxygens (including phenoxy) is 1. The molecule has 0 heterocycles. The number of aryl methyl sites for hydroxylation is 2. The zero-order valence-corrected chi connectivity index (χ0v) is 17.1. The van der Waals surface area contributed by atoms with E-state index in [0.29, 0.717) is 0 Å². The Bertz CT molecular complexity index is 681. The van der Waals surface area contributed by atoms with Crippen molar-refractivity contribution in [3.05, 3.63) is 71.3 Å². The van der Waals surface area contributed by atoms with Gasteiger partial charge in [-0.15, -0.1) is 0 Å². The Morgan fingerprint density at radius 3 is 2.21 bits per heavy atom. The predicted octanol–water partition coefficient (Wildman–Crippen LogP) is 7.35. The molecule has 0 bridgehead atoms. The predicted molar refractivity (Wildman–Crippen MR) is 115 cm³/mol. The van der Waals surface area contributed by atoms with Gasteiger partial charge in [0.1, 0.15) is 6.10 Å². The summed E-state index contributed by atoms with van der Waals surface area (Å²) >= 11 is 0. The molecule has 0 saturated heterocycles. The third-order valence-corrected chi connectivity index (χ3v) is 5.19. The topological polar surface area (TPSA) is 46.5 Å². The van der Waals surface area contributed by atoms with Crippen molar-refractivity contribution in [1.82, 2.24) is 0 Å². The number of rotatable bonds is 13. The largest absolute Gasteiger partial charge is 0.506 e. The van der Waals surface area contributed by atoms with Crippen LogP contribution in [-0.2, 0) is 17.6 Å². The van der Waals surface area contributed by atoms with E-state index in [-0.39, 0.29) is 6.10 Å². The van der Waals surface area contributed by atoms with Crippen LogP contribution in [0.2, 0.25) is 0 Å². The van der Waals surface area contributed by atoms with Gasteiger partial charge < -0.3 is 9.84 Å².